The van der Waals surface area contributed by atoms with E-state index in [2.05, 4.69) is 31.9 Å². The molecule has 0 aromatic heterocycles. The fraction of sp³-hybridized carbons (Fsp3) is 0.364. The highest BCUT2D eigenvalue weighted by atomic mass is 79.9. The SMILES string of the molecule is Cc1ccc(C(=O)[C@H]2C[C@@H](Br)[C@@H](Br)C[C@H]2C(=O)c2ccc(C)cc2)cc1. The lowest BCUT2D eigenvalue weighted by atomic mass is 9.72. The monoisotopic (exact) mass is 476 g/mol. The second-order valence-electron chi connectivity index (χ2n) is 7.18. The van der Waals surface area contributed by atoms with Crippen molar-refractivity contribution in [2.75, 3.05) is 0 Å². The summed E-state index contributed by atoms with van der Waals surface area (Å²) in [6.45, 7) is 4.01. The summed E-state index contributed by atoms with van der Waals surface area (Å²) in [5.74, 6) is -0.465. The Morgan fingerprint density at radius 1 is 0.692 bits per heavy atom. The van der Waals surface area contributed by atoms with Gasteiger partial charge in [-0.2, -0.15) is 0 Å². The van der Waals surface area contributed by atoms with Gasteiger partial charge >= 0.3 is 0 Å². The molecular formula is C22H22Br2O2. The highest BCUT2D eigenvalue weighted by Crippen LogP contribution is 2.40. The van der Waals surface area contributed by atoms with Crippen LogP contribution in [0.1, 0.15) is 44.7 Å². The molecule has 3 rings (SSSR count). The quantitative estimate of drug-likeness (QED) is 0.404. The topological polar surface area (TPSA) is 34.1 Å². The Labute approximate surface area is 171 Å². The summed E-state index contributed by atoms with van der Waals surface area (Å²) in [6.07, 6.45) is 1.32. The standard InChI is InChI=1S/C22H22Br2O2/c1-13-3-7-15(8-4-13)21(25)17-11-19(23)20(24)12-18(17)22(26)16-9-5-14(2)6-10-16/h3-10,17-20H,11-12H2,1-2H3/t17-,18+,19+,20-. The normalized spacial score (nSPS) is 25.7. The van der Waals surface area contributed by atoms with E-state index in [0.29, 0.717) is 24.0 Å². The molecule has 136 valence electrons. The second-order valence-corrected chi connectivity index (χ2v) is 9.53. The molecule has 1 aliphatic carbocycles. The number of ketones is 2. The first-order chi connectivity index (χ1) is 12.4. The predicted molar refractivity (Wildman–Crippen MR) is 113 cm³/mol. The molecule has 0 aliphatic heterocycles. The number of halogens is 2. The summed E-state index contributed by atoms with van der Waals surface area (Å²) in [6, 6.07) is 15.3. The van der Waals surface area contributed by atoms with Crippen LogP contribution in [0, 0.1) is 25.7 Å². The molecule has 0 spiro atoms. The van der Waals surface area contributed by atoms with Gasteiger partial charge in [0.15, 0.2) is 11.6 Å². The molecular weight excluding hydrogens is 456 g/mol. The lowest BCUT2D eigenvalue weighted by Crippen LogP contribution is -2.40. The lowest BCUT2D eigenvalue weighted by Gasteiger charge is -2.35. The fourth-order valence-electron chi connectivity index (χ4n) is 3.55. The van der Waals surface area contributed by atoms with E-state index in [-0.39, 0.29) is 33.1 Å². The molecule has 1 fully saturated rings. The molecule has 26 heavy (non-hydrogen) atoms. The number of carbonyl (C=O) groups is 2. The fourth-order valence-corrected chi connectivity index (χ4v) is 4.79. The van der Waals surface area contributed by atoms with Crippen molar-refractivity contribution in [2.24, 2.45) is 11.8 Å². The van der Waals surface area contributed by atoms with E-state index >= 15 is 0 Å². The summed E-state index contributed by atoms with van der Waals surface area (Å²) in [5.41, 5.74) is 3.62. The van der Waals surface area contributed by atoms with Crippen molar-refractivity contribution in [1.29, 1.82) is 0 Å². The molecule has 1 aliphatic rings. The van der Waals surface area contributed by atoms with Crippen LogP contribution in [0.5, 0.6) is 0 Å². The highest BCUT2D eigenvalue weighted by Gasteiger charge is 2.42. The van der Waals surface area contributed by atoms with Crippen molar-refractivity contribution in [3.63, 3.8) is 0 Å². The van der Waals surface area contributed by atoms with E-state index in [0.717, 1.165) is 11.1 Å². The minimum atomic E-state index is -0.301. The van der Waals surface area contributed by atoms with Gasteiger partial charge in [-0.1, -0.05) is 91.5 Å². The second kappa shape index (κ2) is 8.18. The van der Waals surface area contributed by atoms with E-state index in [4.69, 9.17) is 0 Å². The average Bonchev–Trinajstić information content (AvgIpc) is 2.63. The Balaban J connectivity index is 1.91. The van der Waals surface area contributed by atoms with E-state index in [1.165, 1.54) is 0 Å². The van der Waals surface area contributed by atoms with E-state index in [1.54, 1.807) is 0 Å². The first-order valence-corrected chi connectivity index (χ1v) is 10.7. The molecule has 0 heterocycles. The maximum atomic E-state index is 13.2. The van der Waals surface area contributed by atoms with Gasteiger partial charge in [-0.05, 0) is 26.7 Å². The van der Waals surface area contributed by atoms with Crippen molar-refractivity contribution >= 4 is 43.4 Å². The van der Waals surface area contributed by atoms with Gasteiger partial charge < -0.3 is 0 Å². The number of rotatable bonds is 4. The molecule has 4 heteroatoms. The minimum Gasteiger partial charge on any atom is -0.294 e. The summed E-state index contributed by atoms with van der Waals surface area (Å²) in [7, 11) is 0. The lowest BCUT2D eigenvalue weighted by molar-refractivity contribution is 0.0720. The molecule has 2 aromatic rings. The maximum absolute atomic E-state index is 13.2. The van der Waals surface area contributed by atoms with Crippen LogP contribution in [0.4, 0.5) is 0 Å². The average molecular weight is 478 g/mol. The highest BCUT2D eigenvalue weighted by molar-refractivity contribution is 9.12. The van der Waals surface area contributed by atoms with Gasteiger partial charge in [-0.3, -0.25) is 9.59 Å². The van der Waals surface area contributed by atoms with Crippen molar-refractivity contribution in [3.05, 3.63) is 70.8 Å². The van der Waals surface area contributed by atoms with Crippen molar-refractivity contribution in [1.82, 2.24) is 0 Å². The first-order valence-electron chi connectivity index (χ1n) is 8.86. The molecule has 0 unspecified atom stereocenters. The number of aryl methyl sites for hydroxylation is 2. The van der Waals surface area contributed by atoms with Crippen molar-refractivity contribution in [2.45, 2.75) is 36.3 Å². The van der Waals surface area contributed by atoms with Gasteiger partial charge in [0.2, 0.25) is 0 Å². The number of Topliss-reactive ketones (excluding diaryl/α,β-unsaturated/α-hetero) is 2. The van der Waals surface area contributed by atoms with E-state index in [1.807, 2.05) is 62.4 Å². The van der Waals surface area contributed by atoms with Crippen LogP contribution in [0.25, 0.3) is 0 Å². The Kier molecular flexibility index (Phi) is 6.13. The molecule has 0 bridgehead atoms. The smallest absolute Gasteiger partial charge is 0.166 e. The zero-order chi connectivity index (χ0) is 18.8. The summed E-state index contributed by atoms with van der Waals surface area (Å²) < 4.78 is 0. The van der Waals surface area contributed by atoms with Gasteiger partial charge in [0.05, 0.1) is 0 Å². The summed E-state index contributed by atoms with van der Waals surface area (Å²) >= 11 is 7.36. The molecule has 1 saturated carbocycles. The van der Waals surface area contributed by atoms with Gasteiger partial charge in [0.1, 0.15) is 0 Å². The maximum Gasteiger partial charge on any atom is 0.166 e. The zero-order valence-electron chi connectivity index (χ0n) is 14.9. The van der Waals surface area contributed by atoms with Crippen LogP contribution in [-0.4, -0.2) is 21.2 Å². The van der Waals surface area contributed by atoms with E-state index < -0.39 is 0 Å². The summed E-state index contributed by atoms with van der Waals surface area (Å²) in [5, 5.41) is 0. The number of benzene rings is 2. The van der Waals surface area contributed by atoms with Gasteiger partial charge in [-0.25, -0.2) is 0 Å². The third-order valence-corrected chi connectivity index (χ3v) is 7.92. The third-order valence-electron chi connectivity index (χ3n) is 5.18. The van der Waals surface area contributed by atoms with Crippen LogP contribution in [-0.2, 0) is 0 Å². The third kappa shape index (κ3) is 4.17. The van der Waals surface area contributed by atoms with Crippen LogP contribution < -0.4 is 0 Å². The molecule has 0 N–H and O–H groups in total. The number of hydrogen-bond acceptors (Lipinski definition) is 2. The summed E-state index contributed by atoms with van der Waals surface area (Å²) in [4.78, 5) is 26.7. The molecule has 2 aromatic carbocycles. The molecule has 0 saturated heterocycles. The Hall–Kier alpha value is -1.26. The molecule has 0 amide bonds. The number of hydrogen-bond donors (Lipinski definition) is 0. The minimum absolute atomic E-state index is 0.0688. The first kappa shape index (κ1) is 19.5. The van der Waals surface area contributed by atoms with Crippen LogP contribution in [0.2, 0.25) is 0 Å². The Bertz CT molecular complexity index is 726. The largest absolute Gasteiger partial charge is 0.294 e. The molecule has 4 atom stereocenters. The van der Waals surface area contributed by atoms with E-state index in [9.17, 15) is 9.59 Å². The van der Waals surface area contributed by atoms with Crippen LogP contribution in [0.15, 0.2) is 48.5 Å². The van der Waals surface area contributed by atoms with Crippen molar-refractivity contribution < 1.29 is 9.59 Å². The molecule has 0 radical (unpaired) electrons. The molecule has 2 nitrogen and oxygen atoms in total. The number of carbonyl (C=O) groups excluding carboxylic acids is 2. The predicted octanol–water partition coefficient (Wildman–Crippen LogP) is 5.92. The Morgan fingerprint density at radius 2 is 1.00 bits per heavy atom. The van der Waals surface area contributed by atoms with Gasteiger partial charge in [-0.15, -0.1) is 0 Å². The van der Waals surface area contributed by atoms with Crippen molar-refractivity contribution in [3.8, 4) is 0 Å². The zero-order valence-corrected chi connectivity index (χ0v) is 18.1. The van der Waals surface area contributed by atoms with Gasteiger partial charge in [0, 0.05) is 32.6 Å². The number of alkyl halides is 2. The van der Waals surface area contributed by atoms with Crippen LogP contribution in [0.3, 0.4) is 0 Å². The van der Waals surface area contributed by atoms with Gasteiger partial charge in [0.25, 0.3) is 0 Å². The van der Waals surface area contributed by atoms with Crippen LogP contribution >= 0.6 is 31.9 Å². The Morgan fingerprint density at radius 3 is 1.31 bits per heavy atom.